The maximum absolute atomic E-state index is 12.6. The number of nitrogens with one attached hydrogen (secondary N) is 2. The van der Waals surface area contributed by atoms with Gasteiger partial charge in [-0.1, -0.05) is 35.3 Å². The first-order valence-electron chi connectivity index (χ1n) is 6.94. The molecule has 0 unspecified atom stereocenters. The predicted octanol–water partition coefficient (Wildman–Crippen LogP) is 4.57. The van der Waals surface area contributed by atoms with Crippen molar-refractivity contribution in [1.82, 2.24) is 5.43 Å². The molecule has 0 fully saturated rings. The van der Waals surface area contributed by atoms with Gasteiger partial charge in [-0.2, -0.15) is 18.3 Å². The topological polar surface area (TPSA) is 53.5 Å². The van der Waals surface area contributed by atoms with Gasteiger partial charge in [0.05, 0.1) is 28.4 Å². The highest BCUT2D eigenvalue weighted by Crippen LogP contribution is 2.30. The standard InChI is InChI=1S/C16H12Cl2F3N3O/c17-13-5-4-10(6-14(13)18)8-23-24-15(25)9-22-12-3-1-2-11(7-12)16(19,20)21/h1-8,22H,9H2,(H,24,25)/b23-8+. The van der Waals surface area contributed by atoms with Crippen LogP contribution < -0.4 is 10.7 Å². The average molecular weight is 390 g/mol. The fourth-order valence-corrected chi connectivity index (χ4v) is 2.11. The molecule has 1 amide bonds. The first kappa shape index (κ1) is 19.1. The number of rotatable bonds is 5. The number of alkyl halides is 3. The minimum atomic E-state index is -4.44. The van der Waals surface area contributed by atoms with E-state index in [9.17, 15) is 18.0 Å². The van der Waals surface area contributed by atoms with Crippen LogP contribution in [0, 0.1) is 0 Å². The molecule has 0 saturated heterocycles. The van der Waals surface area contributed by atoms with Crippen molar-refractivity contribution in [2.75, 3.05) is 11.9 Å². The number of benzene rings is 2. The highest BCUT2D eigenvalue weighted by Gasteiger charge is 2.30. The lowest BCUT2D eigenvalue weighted by molar-refractivity contribution is -0.137. The van der Waals surface area contributed by atoms with Crippen molar-refractivity contribution >= 4 is 41.0 Å². The number of anilines is 1. The largest absolute Gasteiger partial charge is 0.416 e. The molecule has 2 rings (SSSR count). The molecule has 2 N–H and O–H groups in total. The van der Waals surface area contributed by atoms with Gasteiger partial charge in [0.2, 0.25) is 0 Å². The lowest BCUT2D eigenvalue weighted by atomic mass is 10.2. The Morgan fingerprint density at radius 2 is 1.88 bits per heavy atom. The monoisotopic (exact) mass is 389 g/mol. The number of carbonyl (C=O) groups is 1. The van der Waals surface area contributed by atoms with E-state index >= 15 is 0 Å². The van der Waals surface area contributed by atoms with Crippen LogP contribution in [0.4, 0.5) is 18.9 Å². The van der Waals surface area contributed by atoms with Crippen molar-refractivity contribution in [3.05, 3.63) is 63.6 Å². The summed E-state index contributed by atoms with van der Waals surface area (Å²) in [6.45, 7) is -0.236. The second kappa shape index (κ2) is 8.22. The molecule has 0 radical (unpaired) electrons. The summed E-state index contributed by atoms with van der Waals surface area (Å²) >= 11 is 11.6. The second-order valence-electron chi connectivity index (χ2n) is 4.90. The molecule has 0 aromatic heterocycles. The predicted molar refractivity (Wildman–Crippen MR) is 92.1 cm³/mol. The molecule has 0 spiro atoms. The van der Waals surface area contributed by atoms with Gasteiger partial charge >= 0.3 is 6.18 Å². The van der Waals surface area contributed by atoms with Crippen LogP contribution in [-0.4, -0.2) is 18.7 Å². The lowest BCUT2D eigenvalue weighted by Gasteiger charge is -2.10. The van der Waals surface area contributed by atoms with Crippen LogP contribution in [-0.2, 0) is 11.0 Å². The summed E-state index contributed by atoms with van der Waals surface area (Å²) in [5, 5.41) is 7.08. The third-order valence-corrected chi connectivity index (χ3v) is 3.73. The molecule has 0 heterocycles. The molecular formula is C16H12Cl2F3N3O. The molecule has 0 aliphatic carbocycles. The summed E-state index contributed by atoms with van der Waals surface area (Å²) in [5.41, 5.74) is 2.26. The van der Waals surface area contributed by atoms with Gasteiger partial charge in [0.15, 0.2) is 0 Å². The number of hydrogen-bond donors (Lipinski definition) is 2. The zero-order valence-corrected chi connectivity index (χ0v) is 14.1. The van der Waals surface area contributed by atoms with Gasteiger partial charge in [-0.15, -0.1) is 0 Å². The summed E-state index contributed by atoms with van der Waals surface area (Å²) < 4.78 is 37.8. The molecule has 2 aromatic carbocycles. The molecule has 0 bridgehead atoms. The van der Waals surface area contributed by atoms with Crippen LogP contribution >= 0.6 is 23.2 Å². The van der Waals surface area contributed by atoms with Gasteiger partial charge in [-0.05, 0) is 35.9 Å². The molecular weight excluding hydrogens is 378 g/mol. The van der Waals surface area contributed by atoms with Gasteiger partial charge in [-0.3, -0.25) is 4.79 Å². The highest BCUT2D eigenvalue weighted by molar-refractivity contribution is 6.42. The van der Waals surface area contributed by atoms with Gasteiger partial charge in [-0.25, -0.2) is 5.43 Å². The molecule has 0 aliphatic heterocycles. The fourth-order valence-electron chi connectivity index (χ4n) is 1.80. The fraction of sp³-hybridized carbons (Fsp3) is 0.125. The molecule has 9 heteroatoms. The summed E-state index contributed by atoms with van der Waals surface area (Å²) in [7, 11) is 0. The quantitative estimate of drug-likeness (QED) is 0.580. The molecule has 132 valence electrons. The Morgan fingerprint density at radius 3 is 2.56 bits per heavy atom. The maximum atomic E-state index is 12.6. The van der Waals surface area contributed by atoms with Gasteiger partial charge in [0.1, 0.15) is 0 Å². The zero-order chi connectivity index (χ0) is 18.4. The van der Waals surface area contributed by atoms with Crippen molar-refractivity contribution in [2.24, 2.45) is 5.10 Å². The van der Waals surface area contributed by atoms with E-state index in [1.165, 1.54) is 18.3 Å². The number of carbonyl (C=O) groups excluding carboxylic acids is 1. The van der Waals surface area contributed by atoms with Crippen molar-refractivity contribution in [2.45, 2.75) is 6.18 Å². The highest BCUT2D eigenvalue weighted by atomic mass is 35.5. The first-order chi connectivity index (χ1) is 11.8. The van der Waals surface area contributed by atoms with Crippen LogP contribution in [0.15, 0.2) is 47.6 Å². The summed E-state index contributed by atoms with van der Waals surface area (Å²) in [5.74, 6) is -0.520. The Bertz CT molecular complexity index is 794. The second-order valence-corrected chi connectivity index (χ2v) is 5.71. The van der Waals surface area contributed by atoms with Crippen molar-refractivity contribution in [3.8, 4) is 0 Å². The third kappa shape index (κ3) is 5.95. The Labute approximate surface area is 151 Å². The molecule has 0 aliphatic rings. The third-order valence-electron chi connectivity index (χ3n) is 2.99. The SMILES string of the molecule is O=C(CNc1cccc(C(F)(F)F)c1)N/N=C/c1ccc(Cl)c(Cl)c1. The minimum absolute atomic E-state index is 0.179. The van der Waals surface area contributed by atoms with Crippen LogP contribution in [0.1, 0.15) is 11.1 Å². The number of nitrogens with zero attached hydrogens (tertiary/aromatic N) is 1. The molecule has 4 nitrogen and oxygen atoms in total. The van der Waals surface area contributed by atoms with Crippen LogP contribution in [0.25, 0.3) is 0 Å². The van der Waals surface area contributed by atoms with E-state index in [0.717, 1.165) is 12.1 Å². The summed E-state index contributed by atoms with van der Waals surface area (Å²) in [4.78, 5) is 11.7. The number of amides is 1. The Balaban J connectivity index is 1.86. The van der Waals surface area contributed by atoms with E-state index in [2.05, 4.69) is 15.8 Å². The van der Waals surface area contributed by atoms with Gasteiger partial charge < -0.3 is 5.32 Å². The van der Waals surface area contributed by atoms with E-state index in [-0.39, 0.29) is 12.2 Å². The Morgan fingerprint density at radius 1 is 1.12 bits per heavy atom. The summed E-state index contributed by atoms with van der Waals surface area (Å²) in [6, 6.07) is 9.37. The molecule has 0 saturated carbocycles. The zero-order valence-electron chi connectivity index (χ0n) is 12.6. The molecule has 25 heavy (non-hydrogen) atoms. The smallest absolute Gasteiger partial charge is 0.376 e. The summed E-state index contributed by atoms with van der Waals surface area (Å²) in [6.07, 6.45) is -3.07. The van der Waals surface area contributed by atoms with E-state index < -0.39 is 17.6 Å². The lowest BCUT2D eigenvalue weighted by Crippen LogP contribution is -2.26. The van der Waals surface area contributed by atoms with Crippen molar-refractivity contribution in [1.29, 1.82) is 0 Å². The normalized spacial score (nSPS) is 11.6. The van der Waals surface area contributed by atoms with Gasteiger partial charge in [0.25, 0.3) is 5.91 Å². The Kier molecular flexibility index (Phi) is 6.27. The number of hydrazone groups is 1. The number of halogens is 5. The van der Waals surface area contributed by atoms with Crippen LogP contribution in [0.3, 0.4) is 0 Å². The van der Waals surface area contributed by atoms with E-state index in [1.54, 1.807) is 18.2 Å². The van der Waals surface area contributed by atoms with Crippen LogP contribution in [0.2, 0.25) is 10.0 Å². The van der Waals surface area contributed by atoms with Crippen molar-refractivity contribution in [3.63, 3.8) is 0 Å². The maximum Gasteiger partial charge on any atom is 0.416 e. The van der Waals surface area contributed by atoms with Gasteiger partial charge in [0, 0.05) is 5.69 Å². The number of hydrogen-bond acceptors (Lipinski definition) is 3. The minimum Gasteiger partial charge on any atom is -0.376 e. The molecule has 2 aromatic rings. The first-order valence-corrected chi connectivity index (χ1v) is 7.69. The van der Waals surface area contributed by atoms with E-state index in [1.807, 2.05) is 0 Å². The van der Waals surface area contributed by atoms with Crippen LogP contribution in [0.5, 0.6) is 0 Å². The van der Waals surface area contributed by atoms with E-state index in [0.29, 0.717) is 15.6 Å². The van der Waals surface area contributed by atoms with E-state index in [4.69, 9.17) is 23.2 Å². The average Bonchev–Trinajstić information content (AvgIpc) is 2.56. The Hall–Kier alpha value is -2.25. The van der Waals surface area contributed by atoms with Crippen molar-refractivity contribution < 1.29 is 18.0 Å². The molecule has 0 atom stereocenters.